The summed E-state index contributed by atoms with van der Waals surface area (Å²) in [4.78, 5) is 20.8. The molecule has 1 fully saturated rings. The zero-order chi connectivity index (χ0) is 19.5. The summed E-state index contributed by atoms with van der Waals surface area (Å²) in [7, 11) is 0. The molecule has 28 heavy (non-hydrogen) atoms. The van der Waals surface area contributed by atoms with Crippen molar-refractivity contribution in [1.82, 2.24) is 20.4 Å². The maximum Gasteiger partial charge on any atom is 0.231 e. The van der Waals surface area contributed by atoms with E-state index in [2.05, 4.69) is 25.8 Å². The van der Waals surface area contributed by atoms with Gasteiger partial charge in [-0.15, -0.1) is 0 Å². The minimum atomic E-state index is -0.0197. The lowest BCUT2D eigenvalue weighted by molar-refractivity contribution is -0.119. The molecule has 1 aliphatic heterocycles. The summed E-state index contributed by atoms with van der Waals surface area (Å²) in [5, 5.41) is 11.0. The van der Waals surface area contributed by atoms with Gasteiger partial charge in [-0.3, -0.25) is 4.79 Å². The van der Waals surface area contributed by atoms with Gasteiger partial charge in [-0.1, -0.05) is 34.4 Å². The Bertz CT molecular complexity index is 984. The fourth-order valence-electron chi connectivity index (χ4n) is 2.97. The van der Waals surface area contributed by atoms with E-state index in [1.807, 2.05) is 6.07 Å². The highest BCUT2D eigenvalue weighted by atomic mass is 35.5. The normalized spacial score (nSPS) is 16.3. The van der Waals surface area contributed by atoms with Crippen molar-refractivity contribution in [1.29, 1.82) is 0 Å². The van der Waals surface area contributed by atoms with Crippen LogP contribution in [0.1, 0.15) is 17.9 Å². The molecule has 1 atom stereocenters. The van der Waals surface area contributed by atoms with Gasteiger partial charge in [0.1, 0.15) is 5.82 Å². The Morgan fingerprint density at radius 1 is 1.25 bits per heavy atom. The van der Waals surface area contributed by atoms with Gasteiger partial charge in [0.2, 0.25) is 17.6 Å². The number of aromatic nitrogens is 3. The third kappa shape index (κ3) is 4.32. The second kappa shape index (κ2) is 8.26. The molecule has 0 radical (unpaired) electrons. The highest BCUT2D eigenvalue weighted by molar-refractivity contribution is 6.42. The molecular formula is C19H17Cl2N5O2. The van der Waals surface area contributed by atoms with Crippen molar-refractivity contribution in [3.8, 4) is 11.4 Å². The van der Waals surface area contributed by atoms with Crippen molar-refractivity contribution < 1.29 is 9.32 Å². The van der Waals surface area contributed by atoms with Crippen LogP contribution in [0.3, 0.4) is 0 Å². The van der Waals surface area contributed by atoms with Crippen LogP contribution in [0.25, 0.3) is 11.4 Å². The first kappa shape index (κ1) is 18.9. The van der Waals surface area contributed by atoms with E-state index in [-0.39, 0.29) is 11.8 Å². The third-order valence-electron chi connectivity index (χ3n) is 4.51. The first-order chi connectivity index (χ1) is 13.6. The number of nitrogens with one attached hydrogen (secondary N) is 2. The monoisotopic (exact) mass is 417 g/mol. The van der Waals surface area contributed by atoms with Crippen molar-refractivity contribution in [3.63, 3.8) is 0 Å². The molecule has 3 heterocycles. The van der Waals surface area contributed by atoms with E-state index in [0.717, 1.165) is 18.5 Å². The van der Waals surface area contributed by atoms with E-state index in [9.17, 15) is 4.79 Å². The van der Waals surface area contributed by atoms with Gasteiger partial charge in [0, 0.05) is 18.3 Å². The van der Waals surface area contributed by atoms with Crippen LogP contribution in [0.15, 0.2) is 41.1 Å². The van der Waals surface area contributed by atoms with E-state index >= 15 is 0 Å². The number of hydrogen-bond acceptors (Lipinski definition) is 6. The topological polar surface area (TPSA) is 92.9 Å². The number of amides is 1. The maximum atomic E-state index is 12.1. The first-order valence-electron chi connectivity index (χ1n) is 8.83. The number of nitrogens with zero attached hydrogens (tertiary/aromatic N) is 3. The van der Waals surface area contributed by atoms with Gasteiger partial charge in [0.05, 0.1) is 22.4 Å². The number of pyridine rings is 1. The highest BCUT2D eigenvalue weighted by Crippen LogP contribution is 2.24. The van der Waals surface area contributed by atoms with Crippen LogP contribution in [0.5, 0.6) is 0 Å². The lowest BCUT2D eigenvalue weighted by Gasteiger charge is -2.09. The fourth-order valence-corrected chi connectivity index (χ4v) is 3.30. The van der Waals surface area contributed by atoms with Gasteiger partial charge in [0.25, 0.3) is 0 Å². The van der Waals surface area contributed by atoms with Crippen LogP contribution in [-0.4, -0.2) is 34.1 Å². The van der Waals surface area contributed by atoms with Crippen molar-refractivity contribution in [3.05, 3.63) is 58.0 Å². The summed E-state index contributed by atoms with van der Waals surface area (Å²) in [5.74, 6) is 1.36. The summed E-state index contributed by atoms with van der Waals surface area (Å²) in [6.45, 7) is 1.57. The summed E-state index contributed by atoms with van der Waals surface area (Å²) in [6, 6.07) is 8.88. The summed E-state index contributed by atoms with van der Waals surface area (Å²) in [5.41, 5.74) is 1.62. The molecule has 144 valence electrons. The Morgan fingerprint density at radius 2 is 2.14 bits per heavy atom. The van der Waals surface area contributed by atoms with Crippen molar-refractivity contribution >= 4 is 34.9 Å². The van der Waals surface area contributed by atoms with Gasteiger partial charge < -0.3 is 15.2 Å². The zero-order valence-electron chi connectivity index (χ0n) is 14.8. The van der Waals surface area contributed by atoms with Crippen LogP contribution in [0.4, 0.5) is 5.82 Å². The van der Waals surface area contributed by atoms with E-state index in [1.165, 1.54) is 0 Å². The van der Waals surface area contributed by atoms with Gasteiger partial charge in [0.15, 0.2) is 0 Å². The lowest BCUT2D eigenvalue weighted by atomic mass is 10.1. The predicted molar refractivity (Wildman–Crippen MR) is 106 cm³/mol. The number of anilines is 1. The minimum absolute atomic E-state index is 0.0115. The molecule has 0 bridgehead atoms. The number of rotatable bonds is 5. The lowest BCUT2D eigenvalue weighted by Crippen LogP contribution is -2.25. The molecule has 0 unspecified atom stereocenters. The van der Waals surface area contributed by atoms with Crippen LogP contribution >= 0.6 is 23.2 Å². The van der Waals surface area contributed by atoms with Crippen LogP contribution in [0.2, 0.25) is 10.0 Å². The van der Waals surface area contributed by atoms with Crippen molar-refractivity contribution in [2.75, 3.05) is 18.4 Å². The molecule has 4 rings (SSSR count). The second-order valence-electron chi connectivity index (χ2n) is 6.55. The molecule has 1 amide bonds. The Morgan fingerprint density at radius 3 is 2.86 bits per heavy atom. The molecule has 0 spiro atoms. The molecule has 3 aromatic rings. The third-order valence-corrected chi connectivity index (χ3v) is 5.25. The zero-order valence-corrected chi connectivity index (χ0v) is 16.3. The van der Waals surface area contributed by atoms with E-state index in [0.29, 0.717) is 46.1 Å². The average molecular weight is 418 g/mol. The van der Waals surface area contributed by atoms with Gasteiger partial charge in [-0.2, -0.15) is 4.98 Å². The highest BCUT2D eigenvalue weighted by Gasteiger charge is 2.22. The van der Waals surface area contributed by atoms with Crippen LogP contribution < -0.4 is 10.6 Å². The number of benzene rings is 1. The second-order valence-corrected chi connectivity index (χ2v) is 7.36. The minimum Gasteiger partial charge on any atom is -0.339 e. The fraction of sp³-hybridized carbons (Fsp3) is 0.263. The van der Waals surface area contributed by atoms with Gasteiger partial charge >= 0.3 is 0 Å². The molecule has 7 nitrogen and oxygen atoms in total. The van der Waals surface area contributed by atoms with Gasteiger partial charge in [-0.05, 0) is 42.8 Å². The van der Waals surface area contributed by atoms with Gasteiger partial charge in [-0.25, -0.2) is 4.98 Å². The molecule has 9 heteroatoms. The van der Waals surface area contributed by atoms with E-state index in [4.69, 9.17) is 27.7 Å². The SMILES string of the molecule is O=C(Nc1ccc(-c2noc(Cc3ccc(Cl)c(Cl)c3)n2)cn1)[C@H]1CCNC1. The molecule has 0 aliphatic carbocycles. The molecular weight excluding hydrogens is 401 g/mol. The summed E-state index contributed by atoms with van der Waals surface area (Å²) >= 11 is 12.0. The Kier molecular flexibility index (Phi) is 5.57. The molecule has 2 N–H and O–H groups in total. The van der Waals surface area contributed by atoms with E-state index in [1.54, 1.807) is 30.5 Å². The average Bonchev–Trinajstić information content (AvgIpc) is 3.38. The number of halogens is 2. The van der Waals surface area contributed by atoms with Crippen LogP contribution in [0, 0.1) is 5.92 Å². The van der Waals surface area contributed by atoms with Crippen molar-refractivity contribution in [2.24, 2.45) is 5.92 Å². The largest absolute Gasteiger partial charge is 0.339 e. The Labute approximate surface area is 171 Å². The molecule has 1 saturated heterocycles. The predicted octanol–water partition coefficient (Wildman–Crippen LogP) is 3.58. The molecule has 0 saturated carbocycles. The molecule has 1 aliphatic rings. The van der Waals surface area contributed by atoms with E-state index < -0.39 is 0 Å². The summed E-state index contributed by atoms with van der Waals surface area (Å²) < 4.78 is 5.31. The molecule has 2 aromatic heterocycles. The molecule has 1 aromatic carbocycles. The standard InChI is InChI=1S/C19H17Cl2N5O2/c20-14-3-1-11(7-15(14)21)8-17-25-18(26-28-17)12-2-4-16(23-10-12)24-19(27)13-5-6-22-9-13/h1-4,7,10,13,22H,5-6,8-9H2,(H,23,24,27)/t13-/m0/s1. The first-order valence-corrected chi connectivity index (χ1v) is 9.58. The maximum absolute atomic E-state index is 12.1. The quantitative estimate of drug-likeness (QED) is 0.658. The summed E-state index contributed by atoms with van der Waals surface area (Å²) in [6.07, 6.45) is 2.89. The van der Waals surface area contributed by atoms with Crippen molar-refractivity contribution in [2.45, 2.75) is 12.8 Å². The van der Waals surface area contributed by atoms with Crippen LogP contribution in [-0.2, 0) is 11.2 Å². The number of carbonyl (C=O) groups excluding carboxylic acids is 1. The Balaban J connectivity index is 1.41. The number of hydrogen-bond donors (Lipinski definition) is 2. The Hall–Kier alpha value is -2.48. The number of carbonyl (C=O) groups is 1. The smallest absolute Gasteiger partial charge is 0.231 e.